The molecule has 0 aliphatic rings. The Morgan fingerprint density at radius 3 is 2.56 bits per heavy atom. The summed E-state index contributed by atoms with van der Waals surface area (Å²) in [7, 11) is 0. The van der Waals surface area contributed by atoms with Crippen molar-refractivity contribution in [2.45, 2.75) is 0 Å². The largest absolute Gasteiger partial charge is 0.451 e. The van der Waals surface area contributed by atoms with Crippen LogP contribution in [0, 0.1) is 10.1 Å². The van der Waals surface area contributed by atoms with Gasteiger partial charge in [0.05, 0.1) is 9.95 Å². The Labute approximate surface area is 160 Å². The number of carbonyl (C=O) groups is 1. The Morgan fingerprint density at radius 1 is 1.04 bits per heavy atom. The number of nitro benzene ring substituents is 1. The molecule has 0 saturated heterocycles. The zero-order valence-electron chi connectivity index (χ0n) is 14.1. The zero-order chi connectivity index (χ0) is 19.2. The van der Waals surface area contributed by atoms with Gasteiger partial charge in [-0.15, -0.1) is 0 Å². The van der Waals surface area contributed by atoms with Crippen molar-refractivity contribution in [1.29, 1.82) is 0 Å². The van der Waals surface area contributed by atoms with E-state index in [0.29, 0.717) is 28.6 Å². The maximum atomic E-state index is 12.2. The summed E-state index contributed by atoms with van der Waals surface area (Å²) >= 11 is 6.13. The first-order chi connectivity index (χ1) is 13.1. The average molecular weight is 386 g/mol. The summed E-state index contributed by atoms with van der Waals surface area (Å²) in [4.78, 5) is 22.7. The molecule has 0 atom stereocenters. The molecule has 7 nitrogen and oxygen atoms in total. The Morgan fingerprint density at radius 2 is 1.78 bits per heavy atom. The Bertz CT molecular complexity index is 971. The highest BCUT2D eigenvalue weighted by atomic mass is 35.5. The van der Waals surface area contributed by atoms with Crippen LogP contribution >= 0.6 is 11.6 Å². The normalized spacial score (nSPS) is 10.4. The fourth-order valence-corrected chi connectivity index (χ4v) is 2.74. The second-order valence-corrected chi connectivity index (χ2v) is 6.01. The van der Waals surface area contributed by atoms with E-state index in [1.165, 1.54) is 6.07 Å². The highest BCUT2D eigenvalue weighted by molar-refractivity contribution is 6.33. The van der Waals surface area contributed by atoms with Crippen LogP contribution in [-0.2, 0) is 0 Å². The second kappa shape index (κ2) is 8.37. The molecule has 0 radical (unpaired) electrons. The number of carbonyl (C=O) groups excluding carboxylic acids is 1. The molecule has 27 heavy (non-hydrogen) atoms. The van der Waals surface area contributed by atoms with Crippen molar-refractivity contribution in [2.75, 3.05) is 18.4 Å². The number of nitrogens with one attached hydrogen (secondary N) is 2. The monoisotopic (exact) mass is 385 g/mol. The summed E-state index contributed by atoms with van der Waals surface area (Å²) < 4.78 is 5.57. The van der Waals surface area contributed by atoms with Crippen molar-refractivity contribution in [2.24, 2.45) is 0 Å². The van der Waals surface area contributed by atoms with Gasteiger partial charge in [-0.3, -0.25) is 14.9 Å². The molecule has 138 valence electrons. The van der Waals surface area contributed by atoms with Crippen LogP contribution in [0.15, 0.2) is 65.1 Å². The first-order valence-electron chi connectivity index (χ1n) is 8.16. The van der Waals surface area contributed by atoms with Gasteiger partial charge in [-0.1, -0.05) is 35.9 Å². The summed E-state index contributed by atoms with van der Waals surface area (Å²) in [5, 5.41) is 17.1. The van der Waals surface area contributed by atoms with Gasteiger partial charge in [-0.2, -0.15) is 0 Å². The minimum atomic E-state index is -0.458. The van der Waals surface area contributed by atoms with Crippen LogP contribution in [0.2, 0.25) is 5.02 Å². The van der Waals surface area contributed by atoms with Crippen LogP contribution < -0.4 is 10.6 Å². The Balaban J connectivity index is 1.55. The molecular weight excluding hydrogens is 370 g/mol. The van der Waals surface area contributed by atoms with Gasteiger partial charge in [-0.05, 0) is 30.3 Å². The van der Waals surface area contributed by atoms with Gasteiger partial charge in [0, 0.05) is 24.7 Å². The minimum absolute atomic E-state index is 0.0146. The van der Waals surface area contributed by atoms with E-state index in [4.69, 9.17) is 16.0 Å². The number of halogens is 1. The predicted octanol–water partition coefficient (Wildman–Crippen LogP) is 4.35. The standard InChI is InChI=1S/C19H16ClN3O4/c20-14-6-2-1-5-13(14)17-9-10-18(27-17)19(24)22-12-11-21-15-7-3-4-8-16(15)23(25)26/h1-10,21H,11-12H2,(H,22,24). The van der Waals surface area contributed by atoms with E-state index in [1.807, 2.05) is 12.1 Å². The van der Waals surface area contributed by atoms with Gasteiger partial charge in [-0.25, -0.2) is 0 Å². The third-order valence-corrected chi connectivity index (χ3v) is 4.13. The minimum Gasteiger partial charge on any atom is -0.451 e. The molecule has 0 bridgehead atoms. The van der Waals surface area contributed by atoms with Crippen molar-refractivity contribution < 1.29 is 14.1 Å². The highest BCUT2D eigenvalue weighted by Gasteiger charge is 2.14. The zero-order valence-corrected chi connectivity index (χ0v) is 14.9. The molecule has 3 aromatic rings. The van der Waals surface area contributed by atoms with Gasteiger partial charge in [0.1, 0.15) is 11.4 Å². The van der Waals surface area contributed by atoms with E-state index >= 15 is 0 Å². The highest BCUT2D eigenvalue weighted by Crippen LogP contribution is 2.29. The number of anilines is 1. The van der Waals surface area contributed by atoms with Gasteiger partial charge < -0.3 is 15.1 Å². The van der Waals surface area contributed by atoms with Crippen molar-refractivity contribution in [3.8, 4) is 11.3 Å². The van der Waals surface area contributed by atoms with Crippen LogP contribution in [-0.4, -0.2) is 23.9 Å². The molecule has 0 saturated carbocycles. The lowest BCUT2D eigenvalue weighted by Crippen LogP contribution is -2.28. The maximum absolute atomic E-state index is 12.2. The molecule has 3 rings (SSSR count). The van der Waals surface area contributed by atoms with Crippen LogP contribution in [0.1, 0.15) is 10.6 Å². The van der Waals surface area contributed by atoms with E-state index in [1.54, 1.807) is 42.5 Å². The number of nitro groups is 1. The van der Waals surface area contributed by atoms with Crippen LogP contribution in [0.5, 0.6) is 0 Å². The number of nitrogens with zero attached hydrogens (tertiary/aromatic N) is 1. The fourth-order valence-electron chi connectivity index (χ4n) is 2.51. The van der Waals surface area contributed by atoms with E-state index in [9.17, 15) is 14.9 Å². The summed E-state index contributed by atoms with van der Waals surface area (Å²) in [5.41, 5.74) is 1.09. The molecule has 0 spiro atoms. The molecule has 2 N–H and O–H groups in total. The third-order valence-electron chi connectivity index (χ3n) is 3.80. The summed E-state index contributed by atoms with van der Waals surface area (Å²) in [5.74, 6) is 0.289. The average Bonchev–Trinajstić information content (AvgIpc) is 3.15. The number of benzene rings is 2. The smallest absolute Gasteiger partial charge is 0.292 e. The Kier molecular flexibility index (Phi) is 5.73. The number of rotatable bonds is 7. The molecule has 0 fully saturated rings. The van der Waals surface area contributed by atoms with Gasteiger partial charge in [0.25, 0.3) is 11.6 Å². The van der Waals surface area contributed by atoms with Gasteiger partial charge in [0.2, 0.25) is 0 Å². The lowest BCUT2D eigenvalue weighted by molar-refractivity contribution is -0.384. The van der Waals surface area contributed by atoms with Gasteiger partial charge in [0.15, 0.2) is 5.76 Å². The third kappa shape index (κ3) is 4.45. The van der Waals surface area contributed by atoms with Crippen molar-refractivity contribution in [3.05, 3.63) is 81.6 Å². The first kappa shape index (κ1) is 18.5. The topological polar surface area (TPSA) is 97.4 Å². The van der Waals surface area contributed by atoms with Crippen LogP contribution in [0.4, 0.5) is 11.4 Å². The lowest BCUT2D eigenvalue weighted by atomic mass is 10.2. The molecule has 2 aromatic carbocycles. The molecule has 1 aromatic heterocycles. The summed E-state index contributed by atoms with van der Waals surface area (Å²) in [6, 6.07) is 16.8. The molecule has 8 heteroatoms. The summed E-state index contributed by atoms with van der Waals surface area (Å²) in [6.07, 6.45) is 0. The first-order valence-corrected chi connectivity index (χ1v) is 8.54. The van der Waals surface area contributed by atoms with Crippen LogP contribution in [0.25, 0.3) is 11.3 Å². The molecule has 1 heterocycles. The van der Waals surface area contributed by atoms with Crippen LogP contribution in [0.3, 0.4) is 0 Å². The molecular formula is C19H16ClN3O4. The number of amides is 1. The molecule has 0 unspecified atom stereocenters. The lowest BCUT2D eigenvalue weighted by Gasteiger charge is -2.07. The van der Waals surface area contributed by atoms with Crippen molar-refractivity contribution in [1.82, 2.24) is 5.32 Å². The van der Waals surface area contributed by atoms with E-state index in [0.717, 1.165) is 0 Å². The molecule has 0 aliphatic carbocycles. The number of hydrogen-bond acceptors (Lipinski definition) is 5. The van der Waals surface area contributed by atoms with E-state index in [-0.39, 0.29) is 23.9 Å². The second-order valence-electron chi connectivity index (χ2n) is 5.60. The Hall–Kier alpha value is -3.32. The summed E-state index contributed by atoms with van der Waals surface area (Å²) in [6.45, 7) is 0.599. The quantitative estimate of drug-likeness (QED) is 0.358. The molecule has 0 aliphatic heterocycles. The fraction of sp³-hybridized carbons (Fsp3) is 0.105. The number of furan rings is 1. The van der Waals surface area contributed by atoms with E-state index in [2.05, 4.69) is 10.6 Å². The van der Waals surface area contributed by atoms with Gasteiger partial charge >= 0.3 is 0 Å². The number of para-hydroxylation sites is 2. The van der Waals surface area contributed by atoms with Crippen molar-refractivity contribution in [3.63, 3.8) is 0 Å². The molecule has 1 amide bonds. The van der Waals surface area contributed by atoms with Crippen molar-refractivity contribution >= 4 is 28.9 Å². The maximum Gasteiger partial charge on any atom is 0.292 e. The van der Waals surface area contributed by atoms with E-state index < -0.39 is 4.92 Å². The predicted molar refractivity (Wildman–Crippen MR) is 103 cm³/mol. The SMILES string of the molecule is O=C(NCCNc1ccccc1[N+](=O)[O-])c1ccc(-c2ccccc2Cl)o1. The number of hydrogen-bond donors (Lipinski definition) is 2.